The largest absolute Gasteiger partial charge is 0.467 e. The topological polar surface area (TPSA) is 81.7 Å². The second kappa shape index (κ2) is 7.65. The Kier molecular flexibility index (Phi) is 5.60. The second-order valence-electron chi connectivity index (χ2n) is 4.35. The van der Waals surface area contributed by atoms with Crippen molar-refractivity contribution < 1.29 is 23.2 Å². The maximum Gasteiger partial charge on any atom is 0.331 e. The molecule has 1 amide bonds. The smallest absolute Gasteiger partial charge is 0.331 e. The van der Waals surface area contributed by atoms with Crippen LogP contribution in [0.1, 0.15) is 18.4 Å². The maximum atomic E-state index is 11.8. The van der Waals surface area contributed by atoms with Gasteiger partial charge in [-0.2, -0.15) is 0 Å². The number of hydrogen-bond donors (Lipinski definition) is 1. The molecule has 0 bridgehead atoms. The normalized spacial score (nSPS) is 12.3. The first kappa shape index (κ1) is 16.1. The third-order valence-electron chi connectivity index (χ3n) is 2.66. The lowest BCUT2D eigenvalue weighted by atomic mass is 10.3. The van der Waals surface area contributed by atoms with Gasteiger partial charge in [-0.25, -0.2) is 4.79 Å². The van der Waals surface area contributed by atoms with Crippen molar-refractivity contribution in [2.75, 3.05) is 0 Å². The molecule has 7 heteroatoms. The van der Waals surface area contributed by atoms with Crippen molar-refractivity contribution in [1.82, 2.24) is 5.32 Å². The molecule has 0 aliphatic rings. The number of esters is 1. The molecule has 0 aromatic carbocycles. The number of rotatable bonds is 6. The van der Waals surface area contributed by atoms with Gasteiger partial charge in [-0.3, -0.25) is 4.79 Å². The van der Waals surface area contributed by atoms with Gasteiger partial charge in [0.05, 0.1) is 12.8 Å². The molecule has 0 unspecified atom stereocenters. The summed E-state index contributed by atoms with van der Waals surface area (Å²) in [4.78, 5) is 23.4. The van der Waals surface area contributed by atoms with E-state index in [-0.39, 0.29) is 6.54 Å². The number of ether oxygens (including phenoxy) is 1. The molecular weight excluding hydrogens is 354 g/mol. The fraction of sp³-hybridized carbons (Fsp3) is 0.200. The highest BCUT2D eigenvalue weighted by atomic mass is 79.9. The molecule has 2 aromatic heterocycles. The monoisotopic (exact) mass is 367 g/mol. The third kappa shape index (κ3) is 4.92. The van der Waals surface area contributed by atoms with Crippen LogP contribution in [-0.2, 0) is 20.9 Å². The maximum absolute atomic E-state index is 11.8. The number of nitrogens with one attached hydrogen (secondary N) is 1. The van der Waals surface area contributed by atoms with E-state index in [0.29, 0.717) is 16.2 Å². The first-order valence-electron chi connectivity index (χ1n) is 6.48. The first-order chi connectivity index (χ1) is 10.5. The molecule has 6 nitrogen and oxygen atoms in total. The van der Waals surface area contributed by atoms with Gasteiger partial charge >= 0.3 is 5.97 Å². The van der Waals surface area contributed by atoms with Crippen LogP contribution in [0, 0.1) is 0 Å². The molecule has 0 fully saturated rings. The molecule has 0 saturated carbocycles. The lowest BCUT2D eigenvalue weighted by Crippen LogP contribution is -2.35. The molecular formula is C15H14BrNO5. The first-order valence-corrected chi connectivity index (χ1v) is 7.28. The second-order valence-corrected chi connectivity index (χ2v) is 5.13. The quantitative estimate of drug-likeness (QED) is 0.626. The van der Waals surface area contributed by atoms with E-state index in [4.69, 9.17) is 13.6 Å². The van der Waals surface area contributed by atoms with E-state index in [2.05, 4.69) is 21.2 Å². The van der Waals surface area contributed by atoms with Crippen LogP contribution < -0.4 is 5.32 Å². The highest BCUT2D eigenvalue weighted by Crippen LogP contribution is 2.15. The van der Waals surface area contributed by atoms with Gasteiger partial charge < -0.3 is 18.9 Å². The fourth-order valence-electron chi connectivity index (χ4n) is 1.57. The van der Waals surface area contributed by atoms with Crippen LogP contribution in [0.4, 0.5) is 0 Å². The van der Waals surface area contributed by atoms with Gasteiger partial charge in [0.2, 0.25) is 0 Å². The Balaban J connectivity index is 1.77. The van der Waals surface area contributed by atoms with Crippen LogP contribution >= 0.6 is 15.9 Å². The van der Waals surface area contributed by atoms with Gasteiger partial charge in [0, 0.05) is 6.08 Å². The van der Waals surface area contributed by atoms with Crippen LogP contribution in [0.2, 0.25) is 0 Å². The van der Waals surface area contributed by atoms with Gasteiger partial charge in [0.25, 0.3) is 5.91 Å². The van der Waals surface area contributed by atoms with Gasteiger partial charge in [0.15, 0.2) is 10.8 Å². The van der Waals surface area contributed by atoms with Gasteiger partial charge in [0.1, 0.15) is 11.5 Å². The number of halogens is 1. The van der Waals surface area contributed by atoms with Crippen molar-refractivity contribution in [2.24, 2.45) is 0 Å². The van der Waals surface area contributed by atoms with Crippen molar-refractivity contribution in [2.45, 2.75) is 19.6 Å². The van der Waals surface area contributed by atoms with Crippen molar-refractivity contribution in [3.63, 3.8) is 0 Å². The standard InChI is InChI=1S/C15H14BrNO5/c1-10(15(19)17-9-12-3-2-8-20-12)21-14(18)7-5-11-4-6-13(16)22-11/h2-8,10H,9H2,1H3,(H,17,19)/b7-5+/t10-/m1/s1. The summed E-state index contributed by atoms with van der Waals surface area (Å²) >= 11 is 3.15. The number of hydrogen-bond acceptors (Lipinski definition) is 5. The van der Waals surface area contributed by atoms with Crippen molar-refractivity contribution in [3.8, 4) is 0 Å². The molecule has 2 heterocycles. The molecule has 1 N–H and O–H groups in total. The van der Waals surface area contributed by atoms with Crippen molar-refractivity contribution in [3.05, 3.63) is 52.8 Å². The van der Waals surface area contributed by atoms with Crippen LogP contribution in [0.25, 0.3) is 6.08 Å². The van der Waals surface area contributed by atoms with Crippen molar-refractivity contribution >= 4 is 33.9 Å². The van der Waals surface area contributed by atoms with Gasteiger partial charge in [-0.1, -0.05) is 0 Å². The predicted molar refractivity (Wildman–Crippen MR) is 81.6 cm³/mol. The Hall–Kier alpha value is -2.28. The highest BCUT2D eigenvalue weighted by molar-refractivity contribution is 9.10. The summed E-state index contributed by atoms with van der Waals surface area (Å²) < 4.78 is 15.8. The molecule has 1 atom stereocenters. The zero-order valence-corrected chi connectivity index (χ0v) is 13.3. The molecule has 116 valence electrons. The minimum atomic E-state index is -0.907. The van der Waals surface area contributed by atoms with E-state index in [1.165, 1.54) is 25.3 Å². The third-order valence-corrected chi connectivity index (χ3v) is 3.08. The summed E-state index contributed by atoms with van der Waals surface area (Å²) in [6.45, 7) is 1.73. The molecule has 0 aliphatic heterocycles. The lowest BCUT2D eigenvalue weighted by molar-refractivity contribution is -0.150. The number of furan rings is 2. The average Bonchev–Trinajstić information content (AvgIpc) is 3.14. The summed E-state index contributed by atoms with van der Waals surface area (Å²) in [6, 6.07) is 6.85. The molecule has 0 saturated heterocycles. The zero-order valence-electron chi connectivity index (χ0n) is 11.7. The molecule has 0 spiro atoms. The Morgan fingerprint density at radius 3 is 2.86 bits per heavy atom. The Morgan fingerprint density at radius 2 is 2.23 bits per heavy atom. The molecule has 22 heavy (non-hydrogen) atoms. The Bertz CT molecular complexity index is 659. The van der Waals surface area contributed by atoms with Crippen LogP contribution in [0.15, 0.2) is 50.1 Å². The van der Waals surface area contributed by atoms with E-state index in [0.717, 1.165) is 0 Å². The molecule has 2 rings (SSSR count). The molecule has 0 radical (unpaired) electrons. The van der Waals surface area contributed by atoms with E-state index in [1.807, 2.05) is 0 Å². The summed E-state index contributed by atoms with van der Waals surface area (Å²) in [5.74, 6) is 0.0842. The fourth-order valence-corrected chi connectivity index (χ4v) is 1.89. The lowest BCUT2D eigenvalue weighted by Gasteiger charge is -2.11. The van der Waals surface area contributed by atoms with E-state index in [1.54, 1.807) is 24.3 Å². The number of carbonyl (C=O) groups excluding carboxylic acids is 2. The van der Waals surface area contributed by atoms with Crippen LogP contribution in [0.5, 0.6) is 0 Å². The number of carbonyl (C=O) groups is 2. The highest BCUT2D eigenvalue weighted by Gasteiger charge is 2.16. The molecule has 0 aliphatic carbocycles. The van der Waals surface area contributed by atoms with Crippen LogP contribution in [0.3, 0.4) is 0 Å². The minimum Gasteiger partial charge on any atom is -0.467 e. The van der Waals surface area contributed by atoms with E-state index in [9.17, 15) is 9.59 Å². The van der Waals surface area contributed by atoms with E-state index >= 15 is 0 Å². The summed E-state index contributed by atoms with van der Waals surface area (Å²) in [6.07, 6.45) is 3.26. The average molecular weight is 368 g/mol. The van der Waals surface area contributed by atoms with Gasteiger partial charge in [-0.15, -0.1) is 0 Å². The Morgan fingerprint density at radius 1 is 1.41 bits per heavy atom. The minimum absolute atomic E-state index is 0.240. The van der Waals surface area contributed by atoms with E-state index < -0.39 is 18.0 Å². The van der Waals surface area contributed by atoms with Crippen molar-refractivity contribution in [1.29, 1.82) is 0 Å². The predicted octanol–water partition coefficient (Wildman–Crippen LogP) is 2.90. The zero-order chi connectivity index (χ0) is 15.9. The SMILES string of the molecule is C[C@@H](OC(=O)/C=C/c1ccc(Br)o1)C(=O)NCc1ccco1. The number of amides is 1. The summed E-state index contributed by atoms with van der Waals surface area (Å²) in [5, 5.41) is 2.61. The molecule has 2 aromatic rings. The summed E-state index contributed by atoms with van der Waals surface area (Å²) in [5.41, 5.74) is 0. The van der Waals surface area contributed by atoms with Gasteiger partial charge in [-0.05, 0) is 53.2 Å². The van der Waals surface area contributed by atoms with Crippen LogP contribution in [-0.4, -0.2) is 18.0 Å². The summed E-state index contributed by atoms with van der Waals surface area (Å²) in [7, 11) is 0. The Labute approximate surface area is 135 Å².